The normalized spacial score (nSPS) is 18.8. The highest BCUT2D eigenvalue weighted by Crippen LogP contribution is 2.33. The van der Waals surface area contributed by atoms with Crippen molar-refractivity contribution < 1.29 is 19.1 Å². The molecule has 1 aliphatic heterocycles. The predicted molar refractivity (Wildman–Crippen MR) is 122 cm³/mol. The third kappa shape index (κ3) is 5.91. The summed E-state index contributed by atoms with van der Waals surface area (Å²) >= 11 is 0. The van der Waals surface area contributed by atoms with Crippen LogP contribution in [0.15, 0.2) is 18.2 Å². The highest BCUT2D eigenvalue weighted by atomic mass is 16.5. The van der Waals surface area contributed by atoms with E-state index in [2.05, 4.69) is 24.1 Å². The molecule has 2 amide bonds. The van der Waals surface area contributed by atoms with Crippen molar-refractivity contribution in [1.82, 2.24) is 9.80 Å². The van der Waals surface area contributed by atoms with Gasteiger partial charge in [0.25, 0.3) is 0 Å². The standard InChI is InChI=1S/C24H37N3O4/c1-17(2)15-22(28)26-11-13-27(14-12-26)23(18-7-5-6-8-18)24(29)25-19-9-10-20(30-3)21(16-19)31-4/h9-10,16-18,23H,5-8,11-15H2,1-4H3,(H,25,29)/t23-/m1/s1. The second-order valence-electron chi connectivity index (χ2n) is 9.06. The smallest absolute Gasteiger partial charge is 0.242 e. The number of carbonyl (C=O) groups is 2. The van der Waals surface area contributed by atoms with Crippen molar-refractivity contribution in [2.75, 3.05) is 45.7 Å². The number of nitrogens with one attached hydrogen (secondary N) is 1. The Morgan fingerprint density at radius 1 is 1.03 bits per heavy atom. The average Bonchev–Trinajstić information content (AvgIpc) is 3.28. The maximum absolute atomic E-state index is 13.4. The maximum atomic E-state index is 13.4. The zero-order chi connectivity index (χ0) is 22.4. The summed E-state index contributed by atoms with van der Waals surface area (Å²) in [6.07, 6.45) is 5.11. The Balaban J connectivity index is 1.68. The highest BCUT2D eigenvalue weighted by molar-refractivity contribution is 5.95. The quantitative estimate of drug-likeness (QED) is 0.683. The molecule has 1 N–H and O–H groups in total. The molecule has 1 aromatic carbocycles. The van der Waals surface area contributed by atoms with Crippen LogP contribution in [0.5, 0.6) is 11.5 Å². The second kappa shape index (κ2) is 10.8. The summed E-state index contributed by atoms with van der Waals surface area (Å²) in [6, 6.07) is 5.27. The molecule has 7 nitrogen and oxygen atoms in total. The van der Waals surface area contributed by atoms with Gasteiger partial charge in [0.2, 0.25) is 11.8 Å². The summed E-state index contributed by atoms with van der Waals surface area (Å²) in [5, 5.41) is 3.11. The van der Waals surface area contributed by atoms with E-state index < -0.39 is 0 Å². The molecule has 0 unspecified atom stereocenters. The summed E-state index contributed by atoms with van der Waals surface area (Å²) in [5.41, 5.74) is 0.705. The lowest BCUT2D eigenvalue weighted by atomic mass is 9.94. The van der Waals surface area contributed by atoms with Crippen LogP contribution in [-0.4, -0.2) is 68.1 Å². The first-order valence-electron chi connectivity index (χ1n) is 11.5. The molecule has 0 radical (unpaired) electrons. The van der Waals surface area contributed by atoms with Crippen molar-refractivity contribution in [1.29, 1.82) is 0 Å². The van der Waals surface area contributed by atoms with E-state index in [1.54, 1.807) is 26.4 Å². The van der Waals surface area contributed by atoms with Crippen LogP contribution in [-0.2, 0) is 9.59 Å². The molecule has 1 saturated heterocycles. The van der Waals surface area contributed by atoms with Crippen molar-refractivity contribution in [3.8, 4) is 11.5 Å². The van der Waals surface area contributed by atoms with Crippen molar-refractivity contribution in [2.24, 2.45) is 11.8 Å². The molecule has 7 heteroatoms. The first-order chi connectivity index (χ1) is 14.9. The SMILES string of the molecule is COc1ccc(NC(=O)[C@@H](C2CCCC2)N2CCN(C(=O)CC(C)C)CC2)cc1OC. The van der Waals surface area contributed by atoms with Gasteiger partial charge in [-0.1, -0.05) is 26.7 Å². The summed E-state index contributed by atoms with van der Waals surface area (Å²) in [5.74, 6) is 2.20. The van der Waals surface area contributed by atoms with Crippen LogP contribution in [0.3, 0.4) is 0 Å². The van der Waals surface area contributed by atoms with E-state index in [0.29, 0.717) is 48.5 Å². The van der Waals surface area contributed by atoms with E-state index in [9.17, 15) is 9.59 Å². The first kappa shape index (κ1) is 23.4. The van der Waals surface area contributed by atoms with E-state index in [0.717, 1.165) is 25.9 Å². The Morgan fingerprint density at radius 3 is 2.26 bits per heavy atom. The lowest BCUT2D eigenvalue weighted by molar-refractivity contribution is -0.135. The minimum Gasteiger partial charge on any atom is -0.493 e. The summed E-state index contributed by atoms with van der Waals surface area (Å²) < 4.78 is 10.7. The molecule has 172 valence electrons. The number of piperazine rings is 1. The number of amides is 2. The van der Waals surface area contributed by atoms with Crippen molar-refractivity contribution in [3.63, 3.8) is 0 Å². The fourth-order valence-corrected chi connectivity index (χ4v) is 4.81. The molecule has 2 aliphatic rings. The highest BCUT2D eigenvalue weighted by Gasteiger charge is 2.37. The van der Waals surface area contributed by atoms with Gasteiger partial charge < -0.3 is 19.7 Å². The van der Waals surface area contributed by atoms with Crippen LogP contribution < -0.4 is 14.8 Å². The maximum Gasteiger partial charge on any atom is 0.242 e. The van der Waals surface area contributed by atoms with Crippen molar-refractivity contribution in [2.45, 2.75) is 52.0 Å². The fourth-order valence-electron chi connectivity index (χ4n) is 4.81. The van der Waals surface area contributed by atoms with Crippen molar-refractivity contribution >= 4 is 17.5 Å². The number of carbonyl (C=O) groups excluding carboxylic acids is 2. The van der Waals surface area contributed by atoms with Gasteiger partial charge in [-0.2, -0.15) is 0 Å². The Bertz CT molecular complexity index is 753. The third-order valence-electron chi connectivity index (χ3n) is 6.41. The molecule has 3 rings (SSSR count). The van der Waals surface area contributed by atoms with Gasteiger partial charge in [0, 0.05) is 44.4 Å². The monoisotopic (exact) mass is 431 g/mol. The molecule has 31 heavy (non-hydrogen) atoms. The Labute approximate surface area is 186 Å². The Kier molecular flexibility index (Phi) is 8.18. The van der Waals surface area contributed by atoms with Crippen LogP contribution in [0, 0.1) is 11.8 Å². The van der Waals surface area contributed by atoms with Crippen molar-refractivity contribution in [3.05, 3.63) is 18.2 Å². The Hall–Kier alpha value is -2.28. The number of hydrogen-bond donors (Lipinski definition) is 1. The van der Waals surface area contributed by atoms with E-state index in [1.807, 2.05) is 11.0 Å². The number of methoxy groups -OCH3 is 2. The minimum atomic E-state index is -0.169. The molecule has 1 aliphatic carbocycles. The van der Waals surface area contributed by atoms with Crippen LogP contribution >= 0.6 is 0 Å². The zero-order valence-corrected chi connectivity index (χ0v) is 19.4. The first-order valence-corrected chi connectivity index (χ1v) is 11.5. The number of benzene rings is 1. The minimum absolute atomic E-state index is 0.0288. The molecule has 1 atom stereocenters. The van der Waals surface area contributed by atoms with E-state index in [1.165, 1.54) is 12.8 Å². The van der Waals surface area contributed by atoms with E-state index in [-0.39, 0.29) is 17.9 Å². The lowest BCUT2D eigenvalue weighted by Gasteiger charge is -2.41. The van der Waals surface area contributed by atoms with Gasteiger partial charge in [0.1, 0.15) is 0 Å². The van der Waals surface area contributed by atoms with E-state index in [4.69, 9.17) is 9.47 Å². The van der Waals surface area contributed by atoms with Gasteiger partial charge >= 0.3 is 0 Å². The van der Waals surface area contributed by atoms with Gasteiger partial charge in [-0.25, -0.2) is 0 Å². The van der Waals surface area contributed by atoms with Gasteiger partial charge in [-0.15, -0.1) is 0 Å². The van der Waals surface area contributed by atoms with Gasteiger partial charge in [-0.3, -0.25) is 14.5 Å². The molecule has 2 fully saturated rings. The predicted octanol–water partition coefficient (Wildman–Crippen LogP) is 3.39. The summed E-state index contributed by atoms with van der Waals surface area (Å²) in [7, 11) is 3.18. The number of rotatable bonds is 8. The Morgan fingerprint density at radius 2 is 1.68 bits per heavy atom. The number of nitrogens with zero attached hydrogens (tertiary/aromatic N) is 2. The van der Waals surface area contributed by atoms with Gasteiger partial charge in [0.05, 0.1) is 20.3 Å². The summed E-state index contributed by atoms with van der Waals surface area (Å²) in [4.78, 5) is 30.1. The number of anilines is 1. The number of ether oxygens (including phenoxy) is 2. The zero-order valence-electron chi connectivity index (χ0n) is 19.4. The average molecular weight is 432 g/mol. The van der Waals surface area contributed by atoms with Gasteiger partial charge in [-0.05, 0) is 36.8 Å². The van der Waals surface area contributed by atoms with Crippen LogP contribution in [0.2, 0.25) is 0 Å². The molecule has 1 heterocycles. The van der Waals surface area contributed by atoms with E-state index >= 15 is 0 Å². The molecule has 1 saturated carbocycles. The molecular formula is C24H37N3O4. The lowest BCUT2D eigenvalue weighted by Crippen LogP contribution is -2.57. The fraction of sp³-hybridized carbons (Fsp3) is 0.667. The molecule has 0 bridgehead atoms. The van der Waals surface area contributed by atoms with Gasteiger partial charge in [0.15, 0.2) is 11.5 Å². The largest absolute Gasteiger partial charge is 0.493 e. The molecule has 0 aromatic heterocycles. The molecule has 0 spiro atoms. The van der Waals surface area contributed by atoms with Crippen LogP contribution in [0.4, 0.5) is 5.69 Å². The molecular weight excluding hydrogens is 394 g/mol. The van der Waals surface area contributed by atoms with Crippen LogP contribution in [0.25, 0.3) is 0 Å². The third-order valence-corrected chi connectivity index (χ3v) is 6.41. The summed E-state index contributed by atoms with van der Waals surface area (Å²) in [6.45, 7) is 7.01. The second-order valence-corrected chi connectivity index (χ2v) is 9.06. The van der Waals surface area contributed by atoms with Crippen LogP contribution in [0.1, 0.15) is 46.0 Å². The number of hydrogen-bond acceptors (Lipinski definition) is 5. The molecule has 1 aromatic rings. The topological polar surface area (TPSA) is 71.1 Å².